The Balaban J connectivity index is 1.31. The number of hydrogen-bond donors (Lipinski definition) is 1. The van der Waals surface area contributed by atoms with Crippen molar-refractivity contribution in [3.05, 3.63) is 114 Å². The van der Waals surface area contributed by atoms with Gasteiger partial charge >= 0.3 is 0 Å². The van der Waals surface area contributed by atoms with Gasteiger partial charge in [0.25, 0.3) is 5.91 Å². The van der Waals surface area contributed by atoms with Crippen LogP contribution in [0.3, 0.4) is 0 Å². The summed E-state index contributed by atoms with van der Waals surface area (Å²) in [7, 11) is 0. The molecule has 0 aliphatic heterocycles. The summed E-state index contributed by atoms with van der Waals surface area (Å²) >= 11 is 0. The van der Waals surface area contributed by atoms with Crippen LogP contribution in [0, 0.1) is 0 Å². The van der Waals surface area contributed by atoms with Gasteiger partial charge in [-0.3, -0.25) is 14.4 Å². The standard InChI is InChI=1S/C27H21NO4/c29-25(20-8-2-1-3-9-20)26(30)21-13-15-22(16-14-21)27(31)28-17-18-32-24-12-6-10-19-7-4-5-11-23(19)24/h1-16H,17-18H2,(H,28,31). The first-order valence-corrected chi connectivity index (χ1v) is 10.3. The van der Waals surface area contributed by atoms with Gasteiger partial charge in [0.2, 0.25) is 11.6 Å². The van der Waals surface area contributed by atoms with E-state index in [2.05, 4.69) is 5.32 Å². The average Bonchev–Trinajstić information content (AvgIpc) is 2.86. The van der Waals surface area contributed by atoms with E-state index in [0.717, 1.165) is 16.5 Å². The lowest BCUT2D eigenvalue weighted by Gasteiger charge is -2.10. The van der Waals surface area contributed by atoms with Gasteiger partial charge in [0.1, 0.15) is 12.4 Å². The van der Waals surface area contributed by atoms with Crippen LogP contribution in [0.5, 0.6) is 5.75 Å². The van der Waals surface area contributed by atoms with Crippen LogP contribution in [0.1, 0.15) is 31.1 Å². The minimum absolute atomic E-state index is 0.245. The van der Waals surface area contributed by atoms with E-state index < -0.39 is 11.6 Å². The zero-order valence-corrected chi connectivity index (χ0v) is 17.3. The molecule has 0 saturated heterocycles. The van der Waals surface area contributed by atoms with Gasteiger partial charge in [-0.05, 0) is 23.6 Å². The normalized spacial score (nSPS) is 10.5. The number of ether oxygens (including phenoxy) is 1. The van der Waals surface area contributed by atoms with E-state index in [1.165, 1.54) is 24.3 Å². The van der Waals surface area contributed by atoms with Gasteiger partial charge in [0, 0.05) is 22.1 Å². The molecule has 0 spiro atoms. The first-order chi connectivity index (χ1) is 15.6. The van der Waals surface area contributed by atoms with Crippen molar-refractivity contribution in [2.24, 2.45) is 0 Å². The van der Waals surface area contributed by atoms with Crippen LogP contribution in [0.4, 0.5) is 0 Å². The van der Waals surface area contributed by atoms with Crippen LogP contribution in [-0.2, 0) is 0 Å². The van der Waals surface area contributed by atoms with E-state index in [1.54, 1.807) is 30.3 Å². The lowest BCUT2D eigenvalue weighted by molar-refractivity contribution is 0.0817. The Morgan fingerprint density at radius 2 is 1.22 bits per heavy atom. The number of Topliss-reactive ketones (excluding diaryl/α,β-unsaturated/α-hetero) is 2. The second kappa shape index (κ2) is 9.71. The van der Waals surface area contributed by atoms with Gasteiger partial charge in [-0.15, -0.1) is 0 Å². The fraction of sp³-hybridized carbons (Fsp3) is 0.0741. The van der Waals surface area contributed by atoms with Crippen molar-refractivity contribution in [1.82, 2.24) is 5.32 Å². The lowest BCUT2D eigenvalue weighted by Crippen LogP contribution is -2.28. The molecule has 1 N–H and O–H groups in total. The Morgan fingerprint density at radius 3 is 1.97 bits per heavy atom. The number of hydrogen-bond acceptors (Lipinski definition) is 4. The Hall–Kier alpha value is -4.25. The highest BCUT2D eigenvalue weighted by molar-refractivity contribution is 6.49. The molecular weight excluding hydrogens is 402 g/mol. The fourth-order valence-electron chi connectivity index (χ4n) is 3.37. The smallest absolute Gasteiger partial charge is 0.251 e. The number of nitrogens with one attached hydrogen (secondary N) is 1. The third-order valence-corrected chi connectivity index (χ3v) is 5.05. The maximum atomic E-state index is 12.4. The van der Waals surface area contributed by atoms with Crippen LogP contribution in [0.25, 0.3) is 10.8 Å². The molecule has 1 amide bonds. The van der Waals surface area contributed by atoms with Crippen molar-refractivity contribution < 1.29 is 19.1 Å². The molecule has 4 aromatic carbocycles. The predicted octanol–water partition coefficient (Wildman–Crippen LogP) is 4.71. The van der Waals surface area contributed by atoms with Crippen LogP contribution in [-0.4, -0.2) is 30.6 Å². The molecule has 0 radical (unpaired) electrons. The topological polar surface area (TPSA) is 72.5 Å². The monoisotopic (exact) mass is 423 g/mol. The maximum absolute atomic E-state index is 12.4. The van der Waals surface area contributed by atoms with E-state index in [9.17, 15) is 14.4 Å². The molecule has 0 aromatic heterocycles. The number of ketones is 2. The first-order valence-electron chi connectivity index (χ1n) is 10.3. The molecule has 4 rings (SSSR count). The second-order valence-electron chi connectivity index (χ2n) is 7.18. The van der Waals surface area contributed by atoms with E-state index in [-0.39, 0.29) is 11.5 Å². The van der Waals surface area contributed by atoms with Gasteiger partial charge < -0.3 is 10.1 Å². The molecule has 0 fully saturated rings. The number of rotatable bonds is 8. The number of fused-ring (bicyclic) bond motifs is 1. The Kier molecular flexibility index (Phi) is 6.37. The van der Waals surface area contributed by atoms with E-state index in [0.29, 0.717) is 24.3 Å². The van der Waals surface area contributed by atoms with E-state index >= 15 is 0 Å². The largest absolute Gasteiger partial charge is 0.491 e. The highest BCUT2D eigenvalue weighted by Crippen LogP contribution is 2.24. The van der Waals surface area contributed by atoms with Crippen molar-refractivity contribution in [3.8, 4) is 5.75 Å². The third kappa shape index (κ3) is 4.73. The van der Waals surface area contributed by atoms with E-state index in [1.807, 2.05) is 42.5 Å². The molecule has 4 aromatic rings. The Labute approximate surface area is 185 Å². The molecule has 32 heavy (non-hydrogen) atoms. The number of carbonyl (C=O) groups is 3. The van der Waals surface area contributed by atoms with Crippen molar-refractivity contribution in [3.63, 3.8) is 0 Å². The molecule has 0 aliphatic rings. The summed E-state index contributed by atoms with van der Waals surface area (Å²) in [4.78, 5) is 37.1. The third-order valence-electron chi connectivity index (χ3n) is 5.05. The van der Waals surface area contributed by atoms with Crippen molar-refractivity contribution >= 4 is 28.2 Å². The molecule has 0 aliphatic carbocycles. The number of amides is 1. The summed E-state index contributed by atoms with van der Waals surface area (Å²) in [6, 6.07) is 28.2. The minimum Gasteiger partial charge on any atom is -0.491 e. The Morgan fingerprint density at radius 1 is 0.625 bits per heavy atom. The van der Waals surface area contributed by atoms with Crippen molar-refractivity contribution in [1.29, 1.82) is 0 Å². The fourth-order valence-corrected chi connectivity index (χ4v) is 3.37. The molecule has 5 heteroatoms. The van der Waals surface area contributed by atoms with Gasteiger partial charge in [0.05, 0.1) is 6.54 Å². The molecule has 158 valence electrons. The van der Waals surface area contributed by atoms with Crippen molar-refractivity contribution in [2.75, 3.05) is 13.2 Å². The molecule has 0 heterocycles. The molecule has 0 unspecified atom stereocenters. The summed E-state index contributed by atoms with van der Waals surface area (Å²) in [6.45, 7) is 0.650. The second-order valence-corrected chi connectivity index (χ2v) is 7.18. The molecule has 0 saturated carbocycles. The van der Waals surface area contributed by atoms with Crippen LogP contribution >= 0.6 is 0 Å². The van der Waals surface area contributed by atoms with Gasteiger partial charge in [-0.25, -0.2) is 0 Å². The summed E-state index contributed by atoms with van der Waals surface area (Å²) < 4.78 is 5.83. The average molecular weight is 423 g/mol. The van der Waals surface area contributed by atoms with Gasteiger partial charge in [-0.1, -0.05) is 78.9 Å². The zero-order valence-electron chi connectivity index (χ0n) is 17.3. The Bertz CT molecular complexity index is 1260. The highest BCUT2D eigenvalue weighted by Gasteiger charge is 2.18. The summed E-state index contributed by atoms with van der Waals surface area (Å²) in [5, 5.41) is 4.91. The molecule has 5 nitrogen and oxygen atoms in total. The summed E-state index contributed by atoms with van der Waals surface area (Å²) in [6.07, 6.45) is 0. The number of carbonyl (C=O) groups excluding carboxylic acids is 3. The van der Waals surface area contributed by atoms with Crippen LogP contribution in [0.15, 0.2) is 97.1 Å². The van der Waals surface area contributed by atoms with Crippen molar-refractivity contribution in [2.45, 2.75) is 0 Å². The molecule has 0 bridgehead atoms. The molecule has 0 atom stereocenters. The van der Waals surface area contributed by atoms with Gasteiger partial charge in [0.15, 0.2) is 0 Å². The van der Waals surface area contributed by atoms with Gasteiger partial charge in [-0.2, -0.15) is 0 Å². The summed E-state index contributed by atoms with van der Waals surface area (Å²) in [5.41, 5.74) is 0.985. The zero-order chi connectivity index (χ0) is 22.3. The molecular formula is C27H21NO4. The quantitative estimate of drug-likeness (QED) is 0.253. The van der Waals surface area contributed by atoms with Crippen LogP contribution < -0.4 is 10.1 Å². The highest BCUT2D eigenvalue weighted by atomic mass is 16.5. The number of benzene rings is 4. The SMILES string of the molecule is O=C(NCCOc1cccc2ccccc12)c1ccc(C(=O)C(=O)c2ccccc2)cc1. The predicted molar refractivity (Wildman–Crippen MR) is 123 cm³/mol. The van der Waals surface area contributed by atoms with Crippen LogP contribution in [0.2, 0.25) is 0 Å². The summed E-state index contributed by atoms with van der Waals surface area (Å²) in [5.74, 6) is -0.691. The first kappa shape index (κ1) is 21.0. The maximum Gasteiger partial charge on any atom is 0.251 e. The lowest BCUT2D eigenvalue weighted by atomic mass is 10.0. The van der Waals surface area contributed by atoms with E-state index in [4.69, 9.17) is 4.74 Å². The minimum atomic E-state index is -0.605.